The van der Waals surface area contributed by atoms with Crippen LogP contribution in [-0.2, 0) is 6.61 Å². The molecule has 0 aliphatic carbocycles. The first kappa shape index (κ1) is 20.0. The van der Waals surface area contributed by atoms with Crippen LogP contribution < -0.4 is 4.74 Å². The number of fused-ring (bicyclic) bond motifs is 3. The van der Waals surface area contributed by atoms with Crippen molar-refractivity contribution >= 4 is 27.7 Å². The van der Waals surface area contributed by atoms with Crippen LogP contribution in [0.3, 0.4) is 0 Å². The summed E-state index contributed by atoms with van der Waals surface area (Å²) in [7, 11) is 0. The van der Waals surface area contributed by atoms with Gasteiger partial charge in [-0.2, -0.15) is 5.10 Å². The quantitative estimate of drug-likeness (QED) is 0.281. The number of nitrogens with zero attached hydrogens (tertiary/aromatic N) is 3. The van der Waals surface area contributed by atoms with Gasteiger partial charge in [-0.15, -0.1) is 0 Å². The van der Waals surface area contributed by atoms with Gasteiger partial charge in [-0.3, -0.25) is 14.8 Å². The number of nitro benzene ring substituents is 1. The molecule has 6 nitrogen and oxygen atoms in total. The second-order valence-electron chi connectivity index (χ2n) is 8.34. The Hall–Kier alpha value is -3.93. The van der Waals surface area contributed by atoms with Crippen molar-refractivity contribution in [2.75, 3.05) is 0 Å². The Labute approximate surface area is 185 Å². The Kier molecular flexibility index (Phi) is 4.78. The smallest absolute Gasteiger partial charge is 0.270 e. The predicted molar refractivity (Wildman–Crippen MR) is 126 cm³/mol. The van der Waals surface area contributed by atoms with Crippen LogP contribution in [0.4, 0.5) is 5.69 Å². The van der Waals surface area contributed by atoms with E-state index in [2.05, 4.69) is 43.2 Å². The molecular formula is C26H23N3O3. The van der Waals surface area contributed by atoms with E-state index < -0.39 is 0 Å². The molecule has 0 fully saturated rings. The van der Waals surface area contributed by atoms with Gasteiger partial charge in [-0.25, -0.2) is 0 Å². The highest BCUT2D eigenvalue weighted by Crippen LogP contribution is 2.43. The van der Waals surface area contributed by atoms with E-state index >= 15 is 0 Å². The molecule has 0 atom stereocenters. The van der Waals surface area contributed by atoms with Crippen molar-refractivity contribution in [3.05, 3.63) is 99.2 Å². The van der Waals surface area contributed by atoms with E-state index in [1.165, 1.54) is 6.07 Å². The molecule has 1 aliphatic rings. The molecular weight excluding hydrogens is 402 g/mol. The number of non-ortho nitro benzene ring substituents is 1. The van der Waals surface area contributed by atoms with Crippen LogP contribution in [0, 0.1) is 10.1 Å². The number of benzene rings is 3. The predicted octanol–water partition coefficient (Wildman–Crippen LogP) is 6.40. The molecule has 1 aromatic heterocycles. The van der Waals surface area contributed by atoms with Crippen LogP contribution in [0.1, 0.15) is 49.1 Å². The van der Waals surface area contributed by atoms with Gasteiger partial charge in [0.2, 0.25) is 0 Å². The molecule has 0 saturated heterocycles. The van der Waals surface area contributed by atoms with Gasteiger partial charge in [0.05, 0.1) is 16.6 Å². The van der Waals surface area contributed by atoms with Crippen molar-refractivity contribution in [3.63, 3.8) is 0 Å². The summed E-state index contributed by atoms with van der Waals surface area (Å²) in [5.41, 5.74) is 7.02. The third-order valence-electron chi connectivity index (χ3n) is 5.99. The van der Waals surface area contributed by atoms with Crippen molar-refractivity contribution in [3.8, 4) is 5.75 Å². The summed E-state index contributed by atoms with van der Waals surface area (Å²) >= 11 is 0. The normalized spacial score (nSPS) is 14.5. The van der Waals surface area contributed by atoms with Crippen molar-refractivity contribution in [2.45, 2.75) is 33.4 Å². The summed E-state index contributed by atoms with van der Waals surface area (Å²) in [6.45, 7) is 6.68. The van der Waals surface area contributed by atoms with E-state index in [1.54, 1.807) is 12.1 Å². The van der Waals surface area contributed by atoms with Gasteiger partial charge < -0.3 is 4.74 Å². The Morgan fingerprint density at radius 2 is 1.91 bits per heavy atom. The number of nitro groups is 1. The number of ether oxygens (including phenoxy) is 1. The number of aromatic nitrogens is 2. The fourth-order valence-electron chi connectivity index (χ4n) is 4.39. The molecule has 0 bridgehead atoms. The minimum absolute atomic E-state index is 0.0782. The average Bonchev–Trinajstić information content (AvgIpc) is 3.14. The molecule has 6 heteroatoms. The zero-order chi connectivity index (χ0) is 22.4. The largest absolute Gasteiger partial charge is 0.488 e. The second kappa shape index (κ2) is 7.64. The summed E-state index contributed by atoms with van der Waals surface area (Å²) in [5, 5.41) is 17.0. The molecule has 0 unspecified atom stereocenters. The van der Waals surface area contributed by atoms with Crippen LogP contribution in [0.2, 0.25) is 0 Å². The summed E-state index contributed by atoms with van der Waals surface area (Å²) in [6.07, 6.45) is 1.88. The third kappa shape index (κ3) is 3.24. The third-order valence-corrected chi connectivity index (χ3v) is 5.99. The molecule has 1 aliphatic heterocycles. The van der Waals surface area contributed by atoms with Crippen molar-refractivity contribution in [2.24, 2.45) is 0 Å². The summed E-state index contributed by atoms with van der Waals surface area (Å²) in [4.78, 5) is 11.0. The molecule has 0 spiro atoms. The maximum absolute atomic E-state index is 11.4. The van der Waals surface area contributed by atoms with Crippen LogP contribution in [0.25, 0.3) is 22.0 Å². The van der Waals surface area contributed by atoms with E-state index in [4.69, 9.17) is 4.74 Å². The maximum Gasteiger partial charge on any atom is 0.270 e. The van der Waals surface area contributed by atoms with Gasteiger partial charge in [0.1, 0.15) is 12.4 Å². The lowest BCUT2D eigenvalue weighted by Gasteiger charge is -2.16. The second-order valence-corrected chi connectivity index (χ2v) is 8.34. The summed E-state index contributed by atoms with van der Waals surface area (Å²) in [6, 6.07) is 19.4. The fraction of sp³-hybridized carbons (Fsp3) is 0.192. The molecule has 0 amide bonds. The Balaban J connectivity index is 1.82. The van der Waals surface area contributed by atoms with Crippen LogP contribution >= 0.6 is 0 Å². The monoisotopic (exact) mass is 425 g/mol. The van der Waals surface area contributed by atoms with Gasteiger partial charge in [-0.05, 0) is 54.7 Å². The highest BCUT2D eigenvalue weighted by molar-refractivity contribution is 6.02. The molecule has 32 heavy (non-hydrogen) atoms. The fourth-order valence-corrected chi connectivity index (χ4v) is 4.39. The zero-order valence-electron chi connectivity index (χ0n) is 18.2. The van der Waals surface area contributed by atoms with Crippen molar-refractivity contribution in [1.29, 1.82) is 0 Å². The van der Waals surface area contributed by atoms with E-state index in [-0.39, 0.29) is 16.7 Å². The average molecular weight is 425 g/mol. The van der Waals surface area contributed by atoms with Gasteiger partial charge >= 0.3 is 0 Å². The number of hydrogen-bond acceptors (Lipinski definition) is 4. The minimum Gasteiger partial charge on any atom is -0.488 e. The molecule has 160 valence electrons. The van der Waals surface area contributed by atoms with Gasteiger partial charge in [0, 0.05) is 35.2 Å². The zero-order valence-corrected chi connectivity index (χ0v) is 18.2. The SMILES string of the molecule is CC(=C1c2ccccc2COc2cc3c(cnn3C(C)C)cc21)c1cccc([N+](=O)[O-])c1. The lowest BCUT2D eigenvalue weighted by atomic mass is 9.87. The summed E-state index contributed by atoms with van der Waals surface area (Å²) in [5.74, 6) is 0.788. The van der Waals surface area contributed by atoms with Crippen LogP contribution in [0.15, 0.2) is 66.9 Å². The molecule has 4 aromatic rings. The lowest BCUT2D eigenvalue weighted by Crippen LogP contribution is -2.02. The van der Waals surface area contributed by atoms with E-state index in [9.17, 15) is 10.1 Å². The Morgan fingerprint density at radius 1 is 1.09 bits per heavy atom. The lowest BCUT2D eigenvalue weighted by molar-refractivity contribution is -0.384. The Morgan fingerprint density at radius 3 is 2.69 bits per heavy atom. The van der Waals surface area contributed by atoms with E-state index in [0.29, 0.717) is 6.61 Å². The topological polar surface area (TPSA) is 70.2 Å². The summed E-state index contributed by atoms with van der Waals surface area (Å²) < 4.78 is 8.28. The molecule has 2 heterocycles. The number of allylic oxidation sites excluding steroid dienone is 1. The first-order chi connectivity index (χ1) is 15.4. The van der Waals surface area contributed by atoms with Crippen molar-refractivity contribution in [1.82, 2.24) is 9.78 Å². The molecule has 0 N–H and O–H groups in total. The van der Waals surface area contributed by atoms with Gasteiger partial charge in [0.25, 0.3) is 5.69 Å². The Bertz CT molecular complexity index is 1400. The molecule has 0 saturated carbocycles. The van der Waals surface area contributed by atoms with Gasteiger partial charge in [-0.1, -0.05) is 36.4 Å². The van der Waals surface area contributed by atoms with Gasteiger partial charge in [0.15, 0.2) is 0 Å². The van der Waals surface area contributed by atoms with Crippen molar-refractivity contribution < 1.29 is 9.66 Å². The highest BCUT2D eigenvalue weighted by atomic mass is 16.6. The minimum atomic E-state index is -0.358. The first-order valence-corrected chi connectivity index (χ1v) is 10.6. The molecule has 3 aromatic carbocycles. The number of hydrogen-bond donors (Lipinski definition) is 0. The first-order valence-electron chi connectivity index (χ1n) is 10.6. The maximum atomic E-state index is 11.4. The van der Waals surface area contributed by atoms with E-state index in [0.717, 1.165) is 50.1 Å². The number of rotatable bonds is 3. The molecule has 5 rings (SSSR count). The molecule has 0 radical (unpaired) electrons. The standard InChI is InChI=1S/C26H23N3O3/c1-16(2)28-24-13-25-23(12-20(24)14-27-28)26(22-10-5-4-7-19(22)15-32-25)17(3)18-8-6-9-21(11-18)29(30)31/h4-14,16H,15H2,1-3H3. The van der Waals surface area contributed by atoms with E-state index in [1.807, 2.05) is 36.0 Å². The van der Waals surface area contributed by atoms with Crippen LogP contribution in [-0.4, -0.2) is 14.7 Å². The highest BCUT2D eigenvalue weighted by Gasteiger charge is 2.24. The van der Waals surface area contributed by atoms with Crippen LogP contribution in [0.5, 0.6) is 5.75 Å².